The first-order chi connectivity index (χ1) is 9.15. The van der Waals surface area contributed by atoms with Crippen LogP contribution in [-0.4, -0.2) is 39.4 Å². The summed E-state index contributed by atoms with van der Waals surface area (Å²) in [6, 6.07) is 4.71. The minimum Gasteiger partial charge on any atom is -0.491 e. The normalized spacial score (nSPS) is 10.4. The van der Waals surface area contributed by atoms with Gasteiger partial charge in [0.25, 0.3) is 0 Å². The summed E-state index contributed by atoms with van der Waals surface area (Å²) in [5, 5.41) is 0. The standard InChI is InChI=1S/C13H20N2O4/c1-17-7-8-18-5-2-6-19-12-9-10(13(15)16)3-4-11(12)14/h3-4,9H,2,5-8,14H2,1H3,(H2,15,16). The highest BCUT2D eigenvalue weighted by Gasteiger charge is 2.06. The van der Waals surface area contributed by atoms with Gasteiger partial charge in [0.15, 0.2) is 0 Å². The molecule has 1 aromatic rings. The number of rotatable bonds is 9. The molecule has 0 radical (unpaired) electrons. The van der Waals surface area contributed by atoms with Crippen LogP contribution in [0.4, 0.5) is 5.69 Å². The lowest BCUT2D eigenvalue weighted by Crippen LogP contribution is -2.12. The lowest BCUT2D eigenvalue weighted by Gasteiger charge is -2.10. The van der Waals surface area contributed by atoms with Gasteiger partial charge in [-0.05, 0) is 18.2 Å². The van der Waals surface area contributed by atoms with E-state index in [1.807, 2.05) is 0 Å². The average Bonchev–Trinajstić information content (AvgIpc) is 2.39. The molecular formula is C13H20N2O4. The number of nitrogens with two attached hydrogens (primary N) is 2. The molecule has 0 aliphatic heterocycles. The van der Waals surface area contributed by atoms with Crippen LogP contribution in [0, 0.1) is 0 Å². The molecule has 1 rings (SSSR count). The van der Waals surface area contributed by atoms with Gasteiger partial charge in [-0.1, -0.05) is 0 Å². The second-order valence-corrected chi connectivity index (χ2v) is 3.92. The minimum absolute atomic E-state index is 0.376. The van der Waals surface area contributed by atoms with E-state index in [-0.39, 0.29) is 0 Å². The summed E-state index contributed by atoms with van der Waals surface area (Å²) >= 11 is 0. The first kappa shape index (κ1) is 15.3. The number of primary amides is 1. The predicted molar refractivity (Wildman–Crippen MR) is 72.2 cm³/mol. The maximum absolute atomic E-state index is 11.0. The molecule has 0 aromatic heterocycles. The van der Waals surface area contributed by atoms with Gasteiger partial charge in [-0.3, -0.25) is 4.79 Å². The molecule has 6 heteroatoms. The molecule has 0 aliphatic rings. The molecule has 0 unspecified atom stereocenters. The van der Waals surface area contributed by atoms with E-state index in [4.69, 9.17) is 25.7 Å². The Kier molecular flexibility index (Phi) is 6.70. The van der Waals surface area contributed by atoms with E-state index >= 15 is 0 Å². The fraction of sp³-hybridized carbons (Fsp3) is 0.462. The minimum atomic E-state index is -0.507. The van der Waals surface area contributed by atoms with Crippen LogP contribution < -0.4 is 16.2 Å². The molecular weight excluding hydrogens is 248 g/mol. The third kappa shape index (κ3) is 5.58. The van der Waals surface area contributed by atoms with Crippen molar-refractivity contribution >= 4 is 11.6 Å². The predicted octanol–water partition coefficient (Wildman–Crippen LogP) is 0.800. The van der Waals surface area contributed by atoms with Gasteiger partial charge in [0.05, 0.1) is 25.5 Å². The Morgan fingerprint density at radius 1 is 1.21 bits per heavy atom. The number of carbonyl (C=O) groups is 1. The molecule has 0 saturated carbocycles. The first-order valence-corrected chi connectivity index (χ1v) is 6.04. The van der Waals surface area contributed by atoms with Crippen LogP contribution in [0.2, 0.25) is 0 Å². The number of nitrogen functional groups attached to an aromatic ring is 1. The molecule has 0 spiro atoms. The topological polar surface area (TPSA) is 96.8 Å². The van der Waals surface area contributed by atoms with Gasteiger partial charge < -0.3 is 25.7 Å². The largest absolute Gasteiger partial charge is 0.491 e. The van der Waals surface area contributed by atoms with Crippen LogP contribution in [0.25, 0.3) is 0 Å². The molecule has 0 bridgehead atoms. The van der Waals surface area contributed by atoms with Gasteiger partial charge in [-0.2, -0.15) is 0 Å². The summed E-state index contributed by atoms with van der Waals surface area (Å²) < 4.78 is 15.6. The van der Waals surface area contributed by atoms with Crippen molar-refractivity contribution in [1.82, 2.24) is 0 Å². The Bertz CT molecular complexity index is 410. The molecule has 1 aromatic carbocycles. The fourth-order valence-electron chi connectivity index (χ4n) is 1.40. The summed E-state index contributed by atoms with van der Waals surface area (Å²) in [5.74, 6) is -0.0408. The number of carbonyl (C=O) groups excluding carboxylic acids is 1. The van der Waals surface area contributed by atoms with Gasteiger partial charge in [0, 0.05) is 25.7 Å². The first-order valence-electron chi connectivity index (χ1n) is 6.04. The van der Waals surface area contributed by atoms with E-state index < -0.39 is 5.91 Å². The van der Waals surface area contributed by atoms with Crippen molar-refractivity contribution in [3.8, 4) is 5.75 Å². The summed E-state index contributed by atoms with van der Waals surface area (Å²) in [7, 11) is 1.63. The molecule has 106 valence electrons. The SMILES string of the molecule is COCCOCCCOc1cc(C(N)=O)ccc1N. The van der Waals surface area contributed by atoms with Gasteiger partial charge in [-0.25, -0.2) is 0 Å². The van der Waals surface area contributed by atoms with Crippen LogP contribution in [0.3, 0.4) is 0 Å². The van der Waals surface area contributed by atoms with Crippen LogP contribution >= 0.6 is 0 Å². The molecule has 4 N–H and O–H groups in total. The average molecular weight is 268 g/mol. The van der Waals surface area contributed by atoms with Crippen molar-refractivity contribution in [2.75, 3.05) is 39.3 Å². The lowest BCUT2D eigenvalue weighted by molar-refractivity contribution is 0.0644. The molecule has 0 fully saturated rings. The fourth-order valence-corrected chi connectivity index (χ4v) is 1.40. The molecule has 19 heavy (non-hydrogen) atoms. The zero-order chi connectivity index (χ0) is 14.1. The second-order valence-electron chi connectivity index (χ2n) is 3.92. The number of ether oxygens (including phenoxy) is 3. The van der Waals surface area contributed by atoms with Crippen molar-refractivity contribution in [2.45, 2.75) is 6.42 Å². The van der Waals surface area contributed by atoms with E-state index in [1.165, 1.54) is 0 Å². The van der Waals surface area contributed by atoms with Gasteiger partial charge in [0.1, 0.15) is 5.75 Å². The maximum atomic E-state index is 11.0. The van der Waals surface area contributed by atoms with Crippen LogP contribution in [0.1, 0.15) is 16.8 Å². The quantitative estimate of drug-likeness (QED) is 0.510. The zero-order valence-corrected chi connectivity index (χ0v) is 11.1. The second kappa shape index (κ2) is 8.34. The summed E-state index contributed by atoms with van der Waals surface area (Å²) in [6.07, 6.45) is 0.726. The molecule has 0 heterocycles. The maximum Gasteiger partial charge on any atom is 0.248 e. The van der Waals surface area contributed by atoms with Gasteiger partial charge in [0.2, 0.25) is 5.91 Å². The van der Waals surface area contributed by atoms with Crippen molar-refractivity contribution in [2.24, 2.45) is 5.73 Å². The van der Waals surface area contributed by atoms with Crippen LogP contribution in [-0.2, 0) is 9.47 Å². The Balaban J connectivity index is 2.32. The zero-order valence-electron chi connectivity index (χ0n) is 11.1. The number of anilines is 1. The molecule has 0 atom stereocenters. The third-order valence-corrected chi connectivity index (χ3v) is 2.42. The highest BCUT2D eigenvalue weighted by atomic mass is 16.5. The van der Waals surface area contributed by atoms with Crippen molar-refractivity contribution < 1.29 is 19.0 Å². The Labute approximate surface area is 112 Å². The smallest absolute Gasteiger partial charge is 0.248 e. The summed E-state index contributed by atoms with van der Waals surface area (Å²) in [4.78, 5) is 11.0. The van der Waals surface area contributed by atoms with E-state index in [0.29, 0.717) is 43.4 Å². The molecule has 0 saturated heterocycles. The van der Waals surface area contributed by atoms with Gasteiger partial charge in [-0.15, -0.1) is 0 Å². The number of benzene rings is 1. The van der Waals surface area contributed by atoms with Gasteiger partial charge >= 0.3 is 0 Å². The highest BCUT2D eigenvalue weighted by molar-refractivity contribution is 5.93. The van der Waals surface area contributed by atoms with Crippen molar-refractivity contribution in [3.63, 3.8) is 0 Å². The Morgan fingerprint density at radius 3 is 2.68 bits per heavy atom. The lowest BCUT2D eigenvalue weighted by atomic mass is 10.2. The van der Waals surface area contributed by atoms with Crippen LogP contribution in [0.5, 0.6) is 5.75 Å². The van der Waals surface area contributed by atoms with E-state index in [9.17, 15) is 4.79 Å². The van der Waals surface area contributed by atoms with E-state index in [0.717, 1.165) is 6.42 Å². The molecule has 6 nitrogen and oxygen atoms in total. The number of methoxy groups -OCH3 is 1. The number of hydrogen-bond acceptors (Lipinski definition) is 5. The third-order valence-electron chi connectivity index (χ3n) is 2.42. The van der Waals surface area contributed by atoms with E-state index in [2.05, 4.69) is 0 Å². The number of hydrogen-bond donors (Lipinski definition) is 2. The molecule has 1 amide bonds. The monoisotopic (exact) mass is 268 g/mol. The highest BCUT2D eigenvalue weighted by Crippen LogP contribution is 2.22. The van der Waals surface area contributed by atoms with Crippen molar-refractivity contribution in [1.29, 1.82) is 0 Å². The number of amides is 1. The Hall–Kier alpha value is -1.79. The van der Waals surface area contributed by atoms with E-state index in [1.54, 1.807) is 25.3 Å². The van der Waals surface area contributed by atoms with Crippen molar-refractivity contribution in [3.05, 3.63) is 23.8 Å². The Morgan fingerprint density at radius 2 is 2.00 bits per heavy atom. The summed E-state index contributed by atoms with van der Waals surface area (Å²) in [6.45, 7) is 2.18. The summed E-state index contributed by atoms with van der Waals surface area (Å²) in [5.41, 5.74) is 11.8. The molecule has 0 aliphatic carbocycles. The van der Waals surface area contributed by atoms with Crippen LogP contribution in [0.15, 0.2) is 18.2 Å².